The monoisotopic (exact) mass is 223 g/mol. The van der Waals surface area contributed by atoms with Gasteiger partial charge in [-0.3, -0.25) is 0 Å². The van der Waals surface area contributed by atoms with E-state index in [0.717, 1.165) is 6.42 Å². The topological polar surface area (TPSA) is 33.0 Å². The van der Waals surface area contributed by atoms with Gasteiger partial charge in [0.2, 0.25) is 0 Å². The number of nitrogens with zero attached hydrogens (tertiary/aromatic N) is 1. The Hall–Kier alpha value is -1.63. The van der Waals surface area contributed by atoms with E-state index in [1.807, 2.05) is 0 Å². The molecule has 0 unspecified atom stereocenters. The molecule has 0 amide bonds. The molecule has 4 heteroatoms. The predicted molar refractivity (Wildman–Crippen MR) is 54.1 cm³/mol. The van der Waals surface area contributed by atoms with E-state index in [-0.39, 0.29) is 0 Å². The molecule has 1 aliphatic rings. The fraction of sp³-hybridized carbons (Fsp3) is 0.417. The minimum atomic E-state index is -0.751. The summed E-state index contributed by atoms with van der Waals surface area (Å²) in [6, 6.07) is 4.55. The molecular formula is C12H11F2NO. The van der Waals surface area contributed by atoms with Crippen LogP contribution in [0.25, 0.3) is 0 Å². The number of hydrogen-bond donors (Lipinski definition) is 0. The highest BCUT2D eigenvalue weighted by molar-refractivity contribution is 5.40. The van der Waals surface area contributed by atoms with Gasteiger partial charge < -0.3 is 4.74 Å². The van der Waals surface area contributed by atoms with E-state index in [1.165, 1.54) is 19.2 Å². The molecule has 0 aliphatic heterocycles. The van der Waals surface area contributed by atoms with Gasteiger partial charge in [-0.05, 0) is 37.0 Å². The highest BCUT2D eigenvalue weighted by Crippen LogP contribution is 2.44. The molecule has 1 saturated carbocycles. The number of hydrogen-bond acceptors (Lipinski definition) is 2. The molecule has 1 aromatic rings. The second-order valence-electron chi connectivity index (χ2n) is 4.02. The largest absolute Gasteiger partial charge is 0.491 e. The third-order valence-electron chi connectivity index (χ3n) is 3.18. The van der Waals surface area contributed by atoms with Gasteiger partial charge in [0.15, 0.2) is 17.4 Å². The van der Waals surface area contributed by atoms with Gasteiger partial charge in [0.25, 0.3) is 0 Å². The van der Waals surface area contributed by atoms with Crippen LogP contribution in [0.2, 0.25) is 0 Å². The summed E-state index contributed by atoms with van der Waals surface area (Å²) in [7, 11) is 1.21. The lowest BCUT2D eigenvalue weighted by molar-refractivity contribution is 0.316. The Bertz CT molecular complexity index is 438. The Kier molecular flexibility index (Phi) is 2.55. The second kappa shape index (κ2) is 3.75. The molecule has 2 nitrogen and oxygen atoms in total. The lowest BCUT2D eigenvalue weighted by Crippen LogP contribution is -2.32. The van der Waals surface area contributed by atoms with E-state index < -0.39 is 22.8 Å². The fourth-order valence-corrected chi connectivity index (χ4v) is 2.03. The number of nitriles is 1. The molecule has 0 aromatic heterocycles. The Balaban J connectivity index is 2.48. The maximum atomic E-state index is 13.5. The molecule has 2 rings (SSSR count). The Labute approximate surface area is 92.5 Å². The van der Waals surface area contributed by atoms with E-state index in [1.54, 1.807) is 0 Å². The first kappa shape index (κ1) is 10.9. The molecule has 1 aliphatic carbocycles. The summed E-state index contributed by atoms with van der Waals surface area (Å²) in [6.45, 7) is 0. The van der Waals surface area contributed by atoms with Crippen LogP contribution in [0.3, 0.4) is 0 Å². The molecule has 84 valence electrons. The SMILES string of the molecule is COc1c(F)cc(C2(C#N)CCC2)cc1F. The van der Waals surface area contributed by atoms with Gasteiger partial charge in [-0.2, -0.15) is 5.26 Å². The molecule has 0 atom stereocenters. The number of ether oxygens (including phenoxy) is 1. The molecule has 16 heavy (non-hydrogen) atoms. The quantitative estimate of drug-likeness (QED) is 0.772. The normalized spacial score (nSPS) is 17.4. The molecule has 0 radical (unpaired) electrons. The smallest absolute Gasteiger partial charge is 0.190 e. The first-order chi connectivity index (χ1) is 7.63. The van der Waals surface area contributed by atoms with Crippen molar-refractivity contribution < 1.29 is 13.5 Å². The van der Waals surface area contributed by atoms with Crippen molar-refractivity contribution in [2.75, 3.05) is 7.11 Å². The third kappa shape index (κ3) is 1.44. The standard InChI is InChI=1S/C12H11F2NO/c1-16-11-9(13)5-8(6-10(11)14)12(7-15)3-2-4-12/h5-6H,2-4H2,1H3. The van der Waals surface area contributed by atoms with Gasteiger partial charge in [0, 0.05) is 0 Å². The molecular weight excluding hydrogens is 212 g/mol. The van der Waals surface area contributed by atoms with Crippen LogP contribution in [0.1, 0.15) is 24.8 Å². The molecule has 0 spiro atoms. The van der Waals surface area contributed by atoms with Crippen molar-refractivity contribution in [1.82, 2.24) is 0 Å². The van der Waals surface area contributed by atoms with E-state index in [2.05, 4.69) is 10.8 Å². The zero-order valence-corrected chi connectivity index (χ0v) is 8.89. The van der Waals surface area contributed by atoms with E-state index in [9.17, 15) is 8.78 Å². The van der Waals surface area contributed by atoms with Crippen LogP contribution >= 0.6 is 0 Å². The lowest BCUT2D eigenvalue weighted by atomic mass is 9.65. The van der Waals surface area contributed by atoms with Crippen LogP contribution in [-0.2, 0) is 5.41 Å². The zero-order chi connectivity index (χ0) is 11.8. The average Bonchev–Trinajstić information content (AvgIpc) is 2.16. The van der Waals surface area contributed by atoms with E-state index >= 15 is 0 Å². The van der Waals surface area contributed by atoms with Crippen molar-refractivity contribution in [3.05, 3.63) is 29.3 Å². The summed E-state index contributed by atoms with van der Waals surface area (Å²) >= 11 is 0. The Morgan fingerprint density at radius 1 is 1.31 bits per heavy atom. The number of halogens is 2. The summed E-state index contributed by atoms with van der Waals surface area (Å²) in [5.74, 6) is -1.89. The highest BCUT2D eigenvalue weighted by Gasteiger charge is 2.40. The fourth-order valence-electron chi connectivity index (χ4n) is 2.03. The second-order valence-corrected chi connectivity index (χ2v) is 4.02. The summed E-state index contributed by atoms with van der Waals surface area (Å²) in [5.41, 5.74) is -0.287. The van der Waals surface area contributed by atoms with Crippen molar-refractivity contribution in [2.45, 2.75) is 24.7 Å². The van der Waals surface area contributed by atoms with Crippen LogP contribution in [0.4, 0.5) is 8.78 Å². The molecule has 0 saturated heterocycles. The minimum Gasteiger partial charge on any atom is -0.491 e. The number of rotatable bonds is 2. The van der Waals surface area contributed by atoms with Gasteiger partial charge in [-0.15, -0.1) is 0 Å². The van der Waals surface area contributed by atoms with Crippen LogP contribution < -0.4 is 4.74 Å². The Morgan fingerprint density at radius 2 is 1.88 bits per heavy atom. The molecule has 0 heterocycles. The zero-order valence-electron chi connectivity index (χ0n) is 8.89. The summed E-state index contributed by atoms with van der Waals surface area (Å²) < 4.78 is 31.5. The first-order valence-electron chi connectivity index (χ1n) is 5.08. The molecule has 0 N–H and O–H groups in total. The van der Waals surface area contributed by atoms with Gasteiger partial charge in [-0.25, -0.2) is 8.78 Å². The van der Waals surface area contributed by atoms with E-state index in [0.29, 0.717) is 18.4 Å². The van der Waals surface area contributed by atoms with Crippen molar-refractivity contribution in [3.8, 4) is 11.8 Å². The summed E-state index contributed by atoms with van der Waals surface area (Å²) in [4.78, 5) is 0. The molecule has 1 fully saturated rings. The first-order valence-corrected chi connectivity index (χ1v) is 5.08. The van der Waals surface area contributed by atoms with Crippen molar-refractivity contribution in [2.24, 2.45) is 0 Å². The van der Waals surface area contributed by atoms with Crippen LogP contribution in [0, 0.1) is 23.0 Å². The maximum Gasteiger partial charge on any atom is 0.190 e. The lowest BCUT2D eigenvalue weighted by Gasteiger charge is -2.35. The average molecular weight is 223 g/mol. The summed E-state index contributed by atoms with van der Waals surface area (Å²) in [6.07, 6.45) is 2.24. The van der Waals surface area contributed by atoms with Crippen LogP contribution in [0.5, 0.6) is 5.75 Å². The van der Waals surface area contributed by atoms with Crippen molar-refractivity contribution >= 4 is 0 Å². The minimum absolute atomic E-state index is 0.392. The molecule has 0 bridgehead atoms. The van der Waals surface area contributed by atoms with Gasteiger partial charge in [-0.1, -0.05) is 0 Å². The van der Waals surface area contributed by atoms with Gasteiger partial charge >= 0.3 is 0 Å². The van der Waals surface area contributed by atoms with Gasteiger partial charge in [0.05, 0.1) is 18.6 Å². The summed E-state index contributed by atoms with van der Waals surface area (Å²) in [5, 5.41) is 9.07. The van der Waals surface area contributed by atoms with Crippen LogP contribution in [0.15, 0.2) is 12.1 Å². The van der Waals surface area contributed by atoms with Crippen molar-refractivity contribution in [3.63, 3.8) is 0 Å². The van der Waals surface area contributed by atoms with E-state index in [4.69, 9.17) is 5.26 Å². The predicted octanol–water partition coefficient (Wildman–Crippen LogP) is 2.92. The Morgan fingerprint density at radius 3 is 2.19 bits per heavy atom. The van der Waals surface area contributed by atoms with Gasteiger partial charge in [0.1, 0.15) is 0 Å². The van der Waals surface area contributed by atoms with Crippen molar-refractivity contribution in [1.29, 1.82) is 5.26 Å². The third-order valence-corrected chi connectivity index (χ3v) is 3.18. The van der Waals surface area contributed by atoms with Crippen LogP contribution in [-0.4, -0.2) is 7.11 Å². The highest BCUT2D eigenvalue weighted by atomic mass is 19.1. The molecule has 1 aromatic carbocycles. The number of methoxy groups -OCH3 is 1. The number of benzene rings is 1. The maximum absolute atomic E-state index is 13.5.